The summed E-state index contributed by atoms with van der Waals surface area (Å²) in [5.74, 6) is 4.43. The minimum Gasteiger partial charge on any atom is -0.343 e. The lowest BCUT2D eigenvalue weighted by atomic mass is 9.88. The van der Waals surface area contributed by atoms with Gasteiger partial charge < -0.3 is 5.32 Å². The summed E-state index contributed by atoms with van der Waals surface area (Å²) in [6.07, 6.45) is 10.2. The molecule has 0 aliphatic heterocycles. The Labute approximate surface area is 85.5 Å². The summed E-state index contributed by atoms with van der Waals surface area (Å²) in [6.45, 7) is 1.85. The number of fused-ring (bicyclic) bond motifs is 2. The molecule has 2 aliphatic rings. The maximum absolute atomic E-state index is 11.8. The second kappa shape index (κ2) is 3.65. The Morgan fingerprint density at radius 3 is 2.79 bits per heavy atom. The lowest BCUT2D eigenvalue weighted by molar-refractivity contribution is -0.126. The summed E-state index contributed by atoms with van der Waals surface area (Å²) in [7, 11) is 0. The van der Waals surface area contributed by atoms with E-state index in [1.165, 1.54) is 19.3 Å². The Morgan fingerprint density at radius 1 is 1.50 bits per heavy atom. The van der Waals surface area contributed by atoms with Crippen LogP contribution in [0.25, 0.3) is 0 Å². The fourth-order valence-electron chi connectivity index (χ4n) is 2.93. The standard InChI is InChI=1S/C12H17NO/c1-3-8(2)13-12(14)11-7-9-4-5-10(11)6-9/h1,8-11H,4-7H2,2H3,(H,13,14). The zero-order chi connectivity index (χ0) is 10.1. The van der Waals surface area contributed by atoms with Crippen molar-refractivity contribution >= 4 is 5.91 Å². The molecule has 0 spiro atoms. The molecule has 0 radical (unpaired) electrons. The lowest BCUT2D eigenvalue weighted by Gasteiger charge is -2.21. The maximum Gasteiger partial charge on any atom is 0.224 e. The molecule has 2 nitrogen and oxygen atoms in total. The molecular formula is C12H17NO. The van der Waals surface area contributed by atoms with Crippen LogP contribution in [-0.4, -0.2) is 11.9 Å². The maximum atomic E-state index is 11.8. The molecule has 4 unspecified atom stereocenters. The van der Waals surface area contributed by atoms with Crippen LogP contribution in [0.2, 0.25) is 0 Å². The normalized spacial score (nSPS) is 36.4. The first-order valence-electron chi connectivity index (χ1n) is 5.47. The van der Waals surface area contributed by atoms with Crippen molar-refractivity contribution < 1.29 is 4.79 Å². The molecule has 1 N–H and O–H groups in total. The smallest absolute Gasteiger partial charge is 0.224 e. The highest BCUT2D eigenvalue weighted by Gasteiger charge is 2.43. The van der Waals surface area contributed by atoms with E-state index in [-0.39, 0.29) is 17.9 Å². The first-order valence-corrected chi connectivity index (χ1v) is 5.47. The molecule has 0 aromatic carbocycles. The van der Waals surface area contributed by atoms with Gasteiger partial charge in [0.2, 0.25) is 5.91 Å². The third kappa shape index (κ3) is 1.64. The average molecular weight is 191 g/mol. The average Bonchev–Trinajstić information content (AvgIpc) is 2.78. The fourth-order valence-corrected chi connectivity index (χ4v) is 2.93. The minimum atomic E-state index is -0.123. The Kier molecular flexibility index (Phi) is 2.50. The topological polar surface area (TPSA) is 29.1 Å². The second-order valence-electron chi connectivity index (χ2n) is 4.68. The summed E-state index contributed by atoms with van der Waals surface area (Å²) in [5.41, 5.74) is 0. The van der Waals surface area contributed by atoms with Crippen LogP contribution in [0.3, 0.4) is 0 Å². The van der Waals surface area contributed by atoms with Crippen LogP contribution in [-0.2, 0) is 4.79 Å². The molecule has 2 bridgehead atoms. The SMILES string of the molecule is C#CC(C)NC(=O)C1CC2CCC1C2. The molecule has 76 valence electrons. The van der Waals surface area contributed by atoms with Crippen LogP contribution in [0.1, 0.15) is 32.6 Å². The van der Waals surface area contributed by atoms with E-state index in [0.717, 1.165) is 12.3 Å². The fraction of sp³-hybridized carbons (Fsp3) is 0.750. The Hall–Kier alpha value is -0.970. The molecule has 2 heteroatoms. The van der Waals surface area contributed by atoms with Crippen molar-refractivity contribution in [3.63, 3.8) is 0 Å². The highest BCUT2D eigenvalue weighted by Crippen LogP contribution is 2.48. The molecule has 0 saturated heterocycles. The first-order chi connectivity index (χ1) is 6.70. The van der Waals surface area contributed by atoms with Crippen LogP contribution < -0.4 is 5.32 Å². The van der Waals surface area contributed by atoms with E-state index >= 15 is 0 Å². The van der Waals surface area contributed by atoms with Gasteiger partial charge in [0, 0.05) is 5.92 Å². The van der Waals surface area contributed by atoms with Gasteiger partial charge in [0.1, 0.15) is 0 Å². The number of rotatable bonds is 2. The van der Waals surface area contributed by atoms with Crippen molar-refractivity contribution in [2.24, 2.45) is 17.8 Å². The first kappa shape index (κ1) is 9.58. The van der Waals surface area contributed by atoms with E-state index in [9.17, 15) is 4.79 Å². The summed E-state index contributed by atoms with van der Waals surface area (Å²) >= 11 is 0. The monoisotopic (exact) mass is 191 g/mol. The predicted octanol–water partition coefficient (Wildman–Crippen LogP) is 1.56. The summed E-state index contributed by atoms with van der Waals surface area (Å²) in [6, 6.07) is -0.123. The van der Waals surface area contributed by atoms with E-state index in [1.54, 1.807) is 0 Å². The number of terminal acetylenes is 1. The lowest BCUT2D eigenvalue weighted by Crippen LogP contribution is -2.38. The molecule has 4 atom stereocenters. The number of nitrogens with one attached hydrogen (secondary N) is 1. The van der Waals surface area contributed by atoms with E-state index in [1.807, 2.05) is 6.92 Å². The van der Waals surface area contributed by atoms with Crippen molar-refractivity contribution in [3.05, 3.63) is 0 Å². The van der Waals surface area contributed by atoms with Crippen LogP contribution in [0.4, 0.5) is 0 Å². The summed E-state index contributed by atoms with van der Waals surface area (Å²) in [5, 5.41) is 2.88. The molecule has 2 saturated carbocycles. The molecule has 2 rings (SSSR count). The van der Waals surface area contributed by atoms with Gasteiger partial charge in [0.25, 0.3) is 0 Å². The van der Waals surface area contributed by atoms with Crippen molar-refractivity contribution in [2.45, 2.75) is 38.6 Å². The molecule has 2 aliphatic carbocycles. The van der Waals surface area contributed by atoms with Crippen LogP contribution in [0.5, 0.6) is 0 Å². The number of carbonyl (C=O) groups excluding carboxylic acids is 1. The molecule has 1 amide bonds. The Balaban J connectivity index is 1.90. The second-order valence-corrected chi connectivity index (χ2v) is 4.68. The molecule has 0 heterocycles. The largest absolute Gasteiger partial charge is 0.343 e. The van der Waals surface area contributed by atoms with Gasteiger partial charge in [0.15, 0.2) is 0 Å². The quantitative estimate of drug-likeness (QED) is 0.659. The molecule has 2 fully saturated rings. The van der Waals surface area contributed by atoms with Gasteiger partial charge in [-0.25, -0.2) is 0 Å². The van der Waals surface area contributed by atoms with Crippen LogP contribution in [0.15, 0.2) is 0 Å². The molecule has 0 aromatic rings. The molecule has 14 heavy (non-hydrogen) atoms. The highest BCUT2D eigenvalue weighted by atomic mass is 16.1. The van der Waals surface area contributed by atoms with Gasteiger partial charge in [0.05, 0.1) is 6.04 Å². The number of carbonyl (C=O) groups is 1. The van der Waals surface area contributed by atoms with E-state index in [2.05, 4.69) is 11.2 Å². The number of amides is 1. The van der Waals surface area contributed by atoms with Gasteiger partial charge in [-0.15, -0.1) is 6.42 Å². The van der Waals surface area contributed by atoms with E-state index in [4.69, 9.17) is 6.42 Å². The van der Waals surface area contributed by atoms with Gasteiger partial charge in [-0.05, 0) is 38.0 Å². The minimum absolute atomic E-state index is 0.123. The summed E-state index contributed by atoms with van der Waals surface area (Å²) in [4.78, 5) is 11.8. The van der Waals surface area contributed by atoms with Gasteiger partial charge in [-0.2, -0.15) is 0 Å². The third-order valence-corrected chi connectivity index (χ3v) is 3.68. The number of hydrogen-bond acceptors (Lipinski definition) is 1. The predicted molar refractivity (Wildman–Crippen MR) is 55.4 cm³/mol. The van der Waals surface area contributed by atoms with E-state index < -0.39 is 0 Å². The Bertz CT molecular complexity index is 279. The Morgan fingerprint density at radius 2 is 2.29 bits per heavy atom. The van der Waals surface area contributed by atoms with Gasteiger partial charge in [-0.3, -0.25) is 4.79 Å². The molecular weight excluding hydrogens is 174 g/mol. The van der Waals surface area contributed by atoms with Crippen molar-refractivity contribution in [3.8, 4) is 12.3 Å². The molecule has 0 aromatic heterocycles. The van der Waals surface area contributed by atoms with Crippen molar-refractivity contribution in [2.75, 3.05) is 0 Å². The van der Waals surface area contributed by atoms with Gasteiger partial charge in [-0.1, -0.05) is 12.3 Å². The summed E-state index contributed by atoms with van der Waals surface area (Å²) < 4.78 is 0. The third-order valence-electron chi connectivity index (χ3n) is 3.68. The van der Waals surface area contributed by atoms with Crippen molar-refractivity contribution in [1.82, 2.24) is 5.32 Å². The highest BCUT2D eigenvalue weighted by molar-refractivity contribution is 5.80. The van der Waals surface area contributed by atoms with Crippen LogP contribution in [0, 0.1) is 30.1 Å². The van der Waals surface area contributed by atoms with Crippen LogP contribution >= 0.6 is 0 Å². The van der Waals surface area contributed by atoms with Gasteiger partial charge >= 0.3 is 0 Å². The van der Waals surface area contributed by atoms with Crippen molar-refractivity contribution in [1.29, 1.82) is 0 Å². The zero-order valence-corrected chi connectivity index (χ0v) is 8.62. The zero-order valence-electron chi connectivity index (χ0n) is 8.62. The number of hydrogen-bond donors (Lipinski definition) is 1. The van der Waals surface area contributed by atoms with E-state index in [0.29, 0.717) is 5.92 Å².